The molecular weight excluding hydrogens is 206 g/mol. The van der Waals surface area contributed by atoms with Gasteiger partial charge in [-0.3, -0.25) is 0 Å². The normalized spacial score (nSPS) is 20.4. The highest BCUT2D eigenvalue weighted by atomic mass is 35.5. The predicted molar refractivity (Wildman–Crippen MR) is 65.2 cm³/mol. The van der Waals surface area contributed by atoms with Crippen LogP contribution in [0.1, 0.15) is 25.0 Å². The highest BCUT2D eigenvalue weighted by Gasteiger charge is 2.34. The summed E-state index contributed by atoms with van der Waals surface area (Å²) in [5, 5.41) is 0.919. The lowest BCUT2D eigenvalue weighted by Crippen LogP contribution is -2.32. The number of fused-ring (bicyclic) bond motifs is 1. The van der Waals surface area contributed by atoms with Gasteiger partial charge in [0.2, 0.25) is 0 Å². The summed E-state index contributed by atoms with van der Waals surface area (Å²) in [6.07, 6.45) is 2.21. The molecule has 1 atom stereocenters. The van der Waals surface area contributed by atoms with Crippen LogP contribution in [0.25, 0.3) is 0 Å². The molecule has 0 saturated heterocycles. The van der Waals surface area contributed by atoms with Crippen molar-refractivity contribution < 1.29 is 0 Å². The van der Waals surface area contributed by atoms with Gasteiger partial charge in [-0.1, -0.05) is 37.6 Å². The summed E-state index contributed by atoms with van der Waals surface area (Å²) in [5.41, 5.74) is 8.79. The van der Waals surface area contributed by atoms with Gasteiger partial charge >= 0.3 is 0 Å². The van der Waals surface area contributed by atoms with Gasteiger partial charge in [-0.25, -0.2) is 0 Å². The second-order valence-electron chi connectivity index (χ2n) is 5.18. The van der Waals surface area contributed by atoms with Crippen molar-refractivity contribution in [2.24, 2.45) is 17.1 Å². The van der Waals surface area contributed by atoms with Crippen molar-refractivity contribution in [1.29, 1.82) is 0 Å². The molecule has 82 valence electrons. The molecule has 0 aromatic heterocycles. The number of halogens is 1. The van der Waals surface area contributed by atoms with Gasteiger partial charge in [-0.05, 0) is 47.9 Å². The second-order valence-corrected chi connectivity index (χ2v) is 5.58. The third-order valence-corrected chi connectivity index (χ3v) is 4.12. The lowest BCUT2D eigenvalue weighted by atomic mass is 9.77. The maximum Gasteiger partial charge on any atom is 0.0440 e. The van der Waals surface area contributed by atoms with Crippen molar-refractivity contribution in [1.82, 2.24) is 0 Å². The van der Waals surface area contributed by atoms with E-state index in [1.807, 2.05) is 12.1 Å². The van der Waals surface area contributed by atoms with Crippen LogP contribution in [0, 0.1) is 11.3 Å². The van der Waals surface area contributed by atoms with Crippen molar-refractivity contribution in [2.75, 3.05) is 6.54 Å². The van der Waals surface area contributed by atoms with Crippen molar-refractivity contribution >= 4 is 11.6 Å². The molecule has 0 radical (unpaired) electrons. The van der Waals surface area contributed by atoms with E-state index in [4.69, 9.17) is 17.3 Å². The fourth-order valence-corrected chi connectivity index (χ4v) is 2.60. The summed E-state index contributed by atoms with van der Waals surface area (Å²) in [7, 11) is 0. The molecule has 0 heterocycles. The van der Waals surface area contributed by atoms with E-state index in [1.54, 1.807) is 0 Å². The molecule has 0 saturated carbocycles. The molecule has 0 bridgehead atoms. The van der Waals surface area contributed by atoms with E-state index in [2.05, 4.69) is 19.9 Å². The smallest absolute Gasteiger partial charge is 0.0440 e. The van der Waals surface area contributed by atoms with Crippen LogP contribution in [-0.2, 0) is 12.8 Å². The van der Waals surface area contributed by atoms with Crippen molar-refractivity contribution in [3.05, 3.63) is 34.3 Å². The molecule has 1 aromatic rings. The van der Waals surface area contributed by atoms with Gasteiger partial charge in [-0.2, -0.15) is 0 Å². The Labute approximate surface area is 96.6 Å². The summed E-state index contributed by atoms with van der Waals surface area (Å²) in [6.45, 7) is 5.23. The van der Waals surface area contributed by atoms with E-state index < -0.39 is 0 Å². The number of rotatable bonds is 2. The Hall–Kier alpha value is -0.530. The van der Waals surface area contributed by atoms with Crippen LogP contribution in [-0.4, -0.2) is 6.54 Å². The van der Waals surface area contributed by atoms with E-state index in [-0.39, 0.29) is 5.41 Å². The van der Waals surface area contributed by atoms with Crippen LogP contribution in [0.3, 0.4) is 0 Å². The topological polar surface area (TPSA) is 26.0 Å². The highest BCUT2D eigenvalue weighted by molar-refractivity contribution is 6.31. The molecule has 1 nitrogen and oxygen atoms in total. The number of hydrogen-bond acceptors (Lipinski definition) is 1. The molecule has 0 spiro atoms. The van der Waals surface area contributed by atoms with E-state index in [1.165, 1.54) is 11.1 Å². The summed E-state index contributed by atoms with van der Waals surface area (Å²) >= 11 is 6.20. The molecule has 1 aliphatic rings. The molecular formula is C13H18ClN. The fourth-order valence-electron chi connectivity index (χ4n) is 2.33. The first-order valence-corrected chi connectivity index (χ1v) is 5.89. The molecule has 0 fully saturated rings. The van der Waals surface area contributed by atoms with Crippen LogP contribution in [0.2, 0.25) is 5.02 Å². The first-order chi connectivity index (χ1) is 7.04. The molecule has 0 amide bonds. The molecule has 1 aliphatic carbocycles. The molecule has 2 heteroatoms. The third kappa shape index (κ3) is 1.91. The average Bonchev–Trinajstić information content (AvgIpc) is 2.64. The van der Waals surface area contributed by atoms with Gasteiger partial charge in [0.1, 0.15) is 0 Å². The van der Waals surface area contributed by atoms with Gasteiger partial charge in [0.05, 0.1) is 0 Å². The Morgan fingerprint density at radius 3 is 2.73 bits per heavy atom. The molecule has 0 aliphatic heterocycles. The van der Waals surface area contributed by atoms with E-state index in [0.29, 0.717) is 5.92 Å². The lowest BCUT2D eigenvalue weighted by Gasteiger charge is -2.29. The van der Waals surface area contributed by atoms with Crippen LogP contribution >= 0.6 is 11.6 Å². The van der Waals surface area contributed by atoms with Crippen molar-refractivity contribution in [3.63, 3.8) is 0 Å². The molecule has 1 aromatic carbocycles. The number of hydrogen-bond donors (Lipinski definition) is 1. The van der Waals surface area contributed by atoms with E-state index in [9.17, 15) is 0 Å². The zero-order valence-electron chi connectivity index (χ0n) is 9.39. The first kappa shape index (κ1) is 11.0. The second kappa shape index (κ2) is 3.80. The van der Waals surface area contributed by atoms with Gasteiger partial charge in [0.15, 0.2) is 0 Å². The zero-order valence-corrected chi connectivity index (χ0v) is 10.1. The van der Waals surface area contributed by atoms with Gasteiger partial charge in [0, 0.05) is 5.02 Å². The Balaban J connectivity index is 2.26. The number of nitrogens with two attached hydrogens (primary N) is 1. The molecule has 2 N–H and O–H groups in total. The minimum absolute atomic E-state index is 0.211. The average molecular weight is 224 g/mol. The summed E-state index contributed by atoms with van der Waals surface area (Å²) in [6, 6.07) is 6.21. The van der Waals surface area contributed by atoms with E-state index >= 15 is 0 Å². The number of benzene rings is 1. The van der Waals surface area contributed by atoms with Gasteiger partial charge in [-0.15, -0.1) is 0 Å². The minimum atomic E-state index is 0.211. The van der Waals surface area contributed by atoms with Gasteiger partial charge in [0.25, 0.3) is 0 Å². The van der Waals surface area contributed by atoms with Crippen LogP contribution < -0.4 is 5.73 Å². The Kier molecular flexibility index (Phi) is 2.78. The standard InChI is InChI=1S/C13H18ClN/c1-13(2,8-15)10-6-9-4-3-5-12(14)11(9)7-10/h3-5,10H,6-8,15H2,1-2H3. The summed E-state index contributed by atoms with van der Waals surface area (Å²) < 4.78 is 0. The molecule has 1 unspecified atom stereocenters. The molecule has 2 rings (SSSR count). The SMILES string of the molecule is CC(C)(CN)C1Cc2cccc(Cl)c2C1. The van der Waals surface area contributed by atoms with Crippen LogP contribution in [0.5, 0.6) is 0 Å². The van der Waals surface area contributed by atoms with Crippen LogP contribution in [0.4, 0.5) is 0 Å². The largest absolute Gasteiger partial charge is 0.330 e. The summed E-state index contributed by atoms with van der Waals surface area (Å²) in [4.78, 5) is 0. The Morgan fingerprint density at radius 2 is 2.13 bits per heavy atom. The Morgan fingerprint density at radius 1 is 1.40 bits per heavy atom. The van der Waals surface area contributed by atoms with Crippen molar-refractivity contribution in [3.8, 4) is 0 Å². The minimum Gasteiger partial charge on any atom is -0.330 e. The maximum absolute atomic E-state index is 6.20. The lowest BCUT2D eigenvalue weighted by molar-refractivity contribution is 0.231. The molecule has 15 heavy (non-hydrogen) atoms. The van der Waals surface area contributed by atoms with E-state index in [0.717, 1.165) is 24.4 Å². The third-order valence-electron chi connectivity index (χ3n) is 3.76. The monoisotopic (exact) mass is 223 g/mol. The zero-order chi connectivity index (χ0) is 11.1. The fraction of sp³-hybridized carbons (Fsp3) is 0.538. The summed E-state index contributed by atoms with van der Waals surface area (Å²) in [5.74, 6) is 0.636. The van der Waals surface area contributed by atoms with Crippen molar-refractivity contribution in [2.45, 2.75) is 26.7 Å². The Bertz CT molecular complexity index is 371. The predicted octanol–water partition coefficient (Wildman–Crippen LogP) is 3.04. The first-order valence-electron chi connectivity index (χ1n) is 5.51. The highest BCUT2D eigenvalue weighted by Crippen LogP contribution is 2.40. The quantitative estimate of drug-likeness (QED) is 0.820. The van der Waals surface area contributed by atoms with Gasteiger partial charge < -0.3 is 5.73 Å². The van der Waals surface area contributed by atoms with Crippen LogP contribution in [0.15, 0.2) is 18.2 Å². The maximum atomic E-state index is 6.20.